The zero-order valence-electron chi connectivity index (χ0n) is 11.3. The van der Waals surface area contributed by atoms with Crippen LogP contribution in [0.1, 0.15) is 5.56 Å². The standard InChI is InChI=1S/C16H13Cl2NO2/c1-21-13-6-2-11(3-7-13)4-9-16(20)19-15-8-5-12(17)10-14(15)18/h2-10H,1H3,(H,19,20)/b9-4+. The smallest absolute Gasteiger partial charge is 0.248 e. The lowest BCUT2D eigenvalue weighted by Gasteiger charge is -2.05. The number of hydrogen-bond acceptors (Lipinski definition) is 2. The van der Waals surface area contributed by atoms with E-state index in [0.29, 0.717) is 15.7 Å². The molecule has 0 aromatic heterocycles. The van der Waals surface area contributed by atoms with Gasteiger partial charge in [-0.25, -0.2) is 0 Å². The number of carbonyl (C=O) groups excluding carboxylic acids is 1. The molecule has 21 heavy (non-hydrogen) atoms. The van der Waals surface area contributed by atoms with Crippen LogP contribution >= 0.6 is 23.2 Å². The van der Waals surface area contributed by atoms with Crippen molar-refractivity contribution in [3.8, 4) is 5.75 Å². The van der Waals surface area contributed by atoms with Gasteiger partial charge >= 0.3 is 0 Å². The van der Waals surface area contributed by atoms with Crippen LogP contribution in [0.25, 0.3) is 6.08 Å². The van der Waals surface area contributed by atoms with Crippen LogP contribution < -0.4 is 10.1 Å². The molecule has 0 saturated carbocycles. The van der Waals surface area contributed by atoms with Crippen LogP contribution in [0.2, 0.25) is 10.0 Å². The highest BCUT2D eigenvalue weighted by molar-refractivity contribution is 6.36. The maximum atomic E-state index is 11.8. The monoisotopic (exact) mass is 321 g/mol. The fourth-order valence-corrected chi connectivity index (χ4v) is 2.11. The van der Waals surface area contributed by atoms with Crippen molar-refractivity contribution < 1.29 is 9.53 Å². The molecule has 0 aliphatic carbocycles. The van der Waals surface area contributed by atoms with E-state index >= 15 is 0 Å². The molecular formula is C16H13Cl2NO2. The lowest BCUT2D eigenvalue weighted by molar-refractivity contribution is -0.111. The summed E-state index contributed by atoms with van der Waals surface area (Å²) >= 11 is 11.8. The second-order valence-electron chi connectivity index (χ2n) is 4.22. The van der Waals surface area contributed by atoms with E-state index in [1.807, 2.05) is 24.3 Å². The molecule has 0 spiro atoms. The van der Waals surface area contributed by atoms with Crippen LogP contribution in [0.4, 0.5) is 5.69 Å². The number of amides is 1. The van der Waals surface area contributed by atoms with Gasteiger partial charge in [-0.15, -0.1) is 0 Å². The Morgan fingerprint density at radius 2 is 1.86 bits per heavy atom. The van der Waals surface area contributed by atoms with Crippen molar-refractivity contribution in [2.45, 2.75) is 0 Å². The Morgan fingerprint density at radius 1 is 1.14 bits per heavy atom. The second-order valence-corrected chi connectivity index (χ2v) is 5.06. The highest BCUT2D eigenvalue weighted by Crippen LogP contribution is 2.25. The van der Waals surface area contributed by atoms with Crippen molar-refractivity contribution in [2.24, 2.45) is 0 Å². The number of ether oxygens (including phenoxy) is 1. The Morgan fingerprint density at radius 3 is 2.48 bits per heavy atom. The zero-order chi connectivity index (χ0) is 15.2. The molecule has 0 aliphatic rings. The summed E-state index contributed by atoms with van der Waals surface area (Å²) in [6, 6.07) is 12.3. The van der Waals surface area contributed by atoms with Gasteiger partial charge in [-0.2, -0.15) is 0 Å². The van der Waals surface area contributed by atoms with Crippen LogP contribution in [0.15, 0.2) is 48.5 Å². The van der Waals surface area contributed by atoms with E-state index in [-0.39, 0.29) is 5.91 Å². The first-order valence-electron chi connectivity index (χ1n) is 6.16. The third kappa shape index (κ3) is 4.52. The molecule has 0 bridgehead atoms. The zero-order valence-corrected chi connectivity index (χ0v) is 12.8. The van der Waals surface area contributed by atoms with Gasteiger partial charge in [0.05, 0.1) is 17.8 Å². The minimum atomic E-state index is -0.268. The summed E-state index contributed by atoms with van der Waals surface area (Å²) in [5, 5.41) is 3.61. The first-order valence-corrected chi connectivity index (χ1v) is 6.92. The minimum Gasteiger partial charge on any atom is -0.497 e. The summed E-state index contributed by atoms with van der Waals surface area (Å²) in [5.74, 6) is 0.500. The lowest BCUT2D eigenvalue weighted by Crippen LogP contribution is -2.08. The van der Waals surface area contributed by atoms with Gasteiger partial charge in [0.2, 0.25) is 5.91 Å². The number of nitrogens with one attached hydrogen (secondary N) is 1. The van der Waals surface area contributed by atoms with E-state index in [0.717, 1.165) is 11.3 Å². The number of halogens is 2. The van der Waals surface area contributed by atoms with Crippen LogP contribution in [0.5, 0.6) is 5.75 Å². The molecule has 0 saturated heterocycles. The molecule has 0 radical (unpaired) electrons. The molecule has 108 valence electrons. The number of anilines is 1. The van der Waals surface area contributed by atoms with Crippen molar-refractivity contribution in [1.82, 2.24) is 0 Å². The van der Waals surface area contributed by atoms with Crippen molar-refractivity contribution in [1.29, 1.82) is 0 Å². The summed E-state index contributed by atoms with van der Waals surface area (Å²) in [5.41, 5.74) is 1.42. The van der Waals surface area contributed by atoms with Gasteiger partial charge in [0.25, 0.3) is 0 Å². The van der Waals surface area contributed by atoms with Crippen molar-refractivity contribution in [2.75, 3.05) is 12.4 Å². The molecular weight excluding hydrogens is 309 g/mol. The summed E-state index contributed by atoms with van der Waals surface area (Å²) in [4.78, 5) is 11.8. The summed E-state index contributed by atoms with van der Waals surface area (Å²) in [6.45, 7) is 0. The Hall–Kier alpha value is -1.97. The molecule has 0 heterocycles. The molecule has 3 nitrogen and oxygen atoms in total. The van der Waals surface area contributed by atoms with Gasteiger partial charge in [-0.1, -0.05) is 35.3 Å². The Bertz CT molecular complexity index is 666. The number of hydrogen-bond donors (Lipinski definition) is 1. The van der Waals surface area contributed by atoms with E-state index in [4.69, 9.17) is 27.9 Å². The SMILES string of the molecule is COc1ccc(/C=C/C(=O)Nc2ccc(Cl)cc2Cl)cc1. The van der Waals surface area contributed by atoms with E-state index in [9.17, 15) is 4.79 Å². The maximum absolute atomic E-state index is 11.8. The quantitative estimate of drug-likeness (QED) is 0.832. The van der Waals surface area contributed by atoms with Crippen LogP contribution in [0, 0.1) is 0 Å². The number of benzene rings is 2. The summed E-state index contributed by atoms with van der Waals surface area (Å²) < 4.78 is 5.07. The normalized spacial score (nSPS) is 10.6. The molecule has 2 aromatic carbocycles. The first kappa shape index (κ1) is 15.4. The molecule has 1 N–H and O–H groups in total. The second kappa shape index (κ2) is 7.16. The van der Waals surface area contributed by atoms with Gasteiger partial charge in [0.1, 0.15) is 5.75 Å². The molecule has 0 aliphatic heterocycles. The first-order chi connectivity index (χ1) is 10.1. The van der Waals surface area contributed by atoms with Crippen LogP contribution in [0.3, 0.4) is 0 Å². The van der Waals surface area contributed by atoms with E-state index in [1.165, 1.54) is 6.08 Å². The van der Waals surface area contributed by atoms with E-state index in [1.54, 1.807) is 31.4 Å². The number of rotatable bonds is 4. The van der Waals surface area contributed by atoms with Crippen LogP contribution in [-0.2, 0) is 4.79 Å². The average molecular weight is 322 g/mol. The topological polar surface area (TPSA) is 38.3 Å². The Labute approximate surface area is 133 Å². The van der Waals surface area contributed by atoms with Gasteiger partial charge in [-0.3, -0.25) is 4.79 Å². The number of methoxy groups -OCH3 is 1. The predicted octanol–water partition coefficient (Wildman–Crippen LogP) is 4.65. The molecule has 5 heteroatoms. The molecule has 0 unspecified atom stereocenters. The van der Waals surface area contributed by atoms with Crippen molar-refractivity contribution in [3.05, 3.63) is 64.1 Å². The maximum Gasteiger partial charge on any atom is 0.248 e. The van der Waals surface area contributed by atoms with Gasteiger partial charge in [0.15, 0.2) is 0 Å². The Balaban J connectivity index is 2.01. The van der Waals surface area contributed by atoms with Crippen LogP contribution in [-0.4, -0.2) is 13.0 Å². The van der Waals surface area contributed by atoms with Gasteiger partial charge in [-0.05, 0) is 42.0 Å². The minimum absolute atomic E-state index is 0.268. The molecule has 1 amide bonds. The average Bonchev–Trinajstić information content (AvgIpc) is 2.48. The summed E-state index contributed by atoms with van der Waals surface area (Å²) in [7, 11) is 1.61. The van der Waals surface area contributed by atoms with Crippen molar-refractivity contribution in [3.63, 3.8) is 0 Å². The van der Waals surface area contributed by atoms with Gasteiger partial charge < -0.3 is 10.1 Å². The molecule has 0 atom stereocenters. The Kier molecular flexibility index (Phi) is 5.26. The van der Waals surface area contributed by atoms with E-state index < -0.39 is 0 Å². The third-order valence-electron chi connectivity index (χ3n) is 2.73. The number of carbonyl (C=O) groups is 1. The fraction of sp³-hybridized carbons (Fsp3) is 0.0625. The van der Waals surface area contributed by atoms with E-state index in [2.05, 4.69) is 5.32 Å². The van der Waals surface area contributed by atoms with Crippen molar-refractivity contribution >= 4 is 40.9 Å². The third-order valence-corrected chi connectivity index (χ3v) is 3.28. The summed E-state index contributed by atoms with van der Waals surface area (Å²) in [6.07, 6.45) is 3.14. The predicted molar refractivity (Wildman–Crippen MR) is 87.1 cm³/mol. The highest BCUT2D eigenvalue weighted by Gasteiger charge is 2.03. The fourth-order valence-electron chi connectivity index (χ4n) is 1.65. The molecule has 0 fully saturated rings. The largest absolute Gasteiger partial charge is 0.497 e. The van der Waals surface area contributed by atoms with Gasteiger partial charge in [0, 0.05) is 11.1 Å². The lowest BCUT2D eigenvalue weighted by atomic mass is 10.2. The molecule has 2 rings (SSSR count). The molecule has 2 aromatic rings. The highest BCUT2D eigenvalue weighted by atomic mass is 35.5.